The first-order valence-electron chi connectivity index (χ1n) is 5.52. The molecule has 0 saturated carbocycles. The first kappa shape index (κ1) is 11.6. The molecule has 1 fully saturated rings. The molecule has 0 aliphatic carbocycles. The van der Waals surface area contributed by atoms with E-state index >= 15 is 0 Å². The summed E-state index contributed by atoms with van der Waals surface area (Å²) in [5, 5.41) is 11.8. The van der Waals surface area contributed by atoms with Crippen molar-refractivity contribution in [2.24, 2.45) is 0 Å². The molecule has 1 N–H and O–H groups in total. The van der Waals surface area contributed by atoms with Crippen molar-refractivity contribution in [1.29, 1.82) is 0 Å². The van der Waals surface area contributed by atoms with Crippen molar-refractivity contribution >= 4 is 17.4 Å². The highest BCUT2D eigenvalue weighted by Crippen LogP contribution is 2.22. The average Bonchev–Trinajstić information content (AvgIpc) is 2.31. The minimum Gasteiger partial charge on any atom is -0.379 e. The predicted octanol–water partition coefficient (Wildman–Crippen LogP) is 2.34. The molecule has 0 aromatic carbocycles. The zero-order chi connectivity index (χ0) is 11.5. The van der Waals surface area contributed by atoms with Gasteiger partial charge in [-0.2, -0.15) is 0 Å². The number of nitrogens with one attached hydrogen (secondary N) is 1. The van der Waals surface area contributed by atoms with Crippen LogP contribution in [0.15, 0.2) is 0 Å². The van der Waals surface area contributed by atoms with Crippen molar-refractivity contribution in [3.8, 4) is 0 Å². The molecule has 0 amide bonds. The summed E-state index contributed by atoms with van der Waals surface area (Å²) in [6.07, 6.45) is 2.21. The predicted molar refractivity (Wildman–Crippen MR) is 64.0 cm³/mol. The molecule has 88 valence electrons. The minimum atomic E-state index is 0.335. The topological polar surface area (TPSA) is 47.0 Å². The fourth-order valence-electron chi connectivity index (χ4n) is 1.76. The third-order valence-electron chi connectivity index (χ3n) is 2.97. The fourth-order valence-corrected chi connectivity index (χ4v) is 1.94. The van der Waals surface area contributed by atoms with Gasteiger partial charge < -0.3 is 10.1 Å². The van der Waals surface area contributed by atoms with Crippen LogP contribution in [-0.4, -0.2) is 29.5 Å². The fraction of sp³-hybridized carbons (Fsp3) is 0.636. The number of aromatic nitrogens is 2. The third kappa shape index (κ3) is 2.44. The Bertz CT molecular complexity index is 378. The van der Waals surface area contributed by atoms with E-state index in [1.807, 2.05) is 13.8 Å². The Balaban J connectivity index is 2.11. The van der Waals surface area contributed by atoms with Gasteiger partial charge in [-0.15, -0.1) is 10.2 Å². The largest absolute Gasteiger partial charge is 0.379 e. The number of nitrogens with zero attached hydrogens (tertiary/aromatic N) is 2. The maximum Gasteiger partial charge on any atom is 0.155 e. The maximum absolute atomic E-state index is 5.90. The molecular formula is C11H16ClN3O. The zero-order valence-electron chi connectivity index (χ0n) is 9.59. The van der Waals surface area contributed by atoms with Crippen molar-refractivity contribution in [2.75, 3.05) is 18.5 Å². The minimum absolute atomic E-state index is 0.335. The van der Waals surface area contributed by atoms with Crippen LogP contribution in [0.5, 0.6) is 0 Å². The van der Waals surface area contributed by atoms with Gasteiger partial charge >= 0.3 is 0 Å². The first-order chi connectivity index (χ1) is 7.68. The normalized spacial score (nSPS) is 20.8. The van der Waals surface area contributed by atoms with E-state index in [2.05, 4.69) is 15.5 Å². The summed E-state index contributed by atoms with van der Waals surface area (Å²) in [7, 11) is 0. The van der Waals surface area contributed by atoms with E-state index in [1.54, 1.807) is 0 Å². The molecule has 1 saturated heterocycles. The number of rotatable bonds is 2. The van der Waals surface area contributed by atoms with Gasteiger partial charge in [-0.25, -0.2) is 0 Å². The van der Waals surface area contributed by atoms with Crippen LogP contribution < -0.4 is 5.32 Å². The molecule has 2 heterocycles. The second-order valence-electron chi connectivity index (χ2n) is 4.15. The van der Waals surface area contributed by atoms with E-state index in [0.717, 1.165) is 43.0 Å². The first-order valence-corrected chi connectivity index (χ1v) is 5.90. The molecule has 1 aliphatic heterocycles. The lowest BCUT2D eigenvalue weighted by Crippen LogP contribution is -2.30. The van der Waals surface area contributed by atoms with Crippen molar-refractivity contribution in [3.63, 3.8) is 0 Å². The van der Waals surface area contributed by atoms with E-state index in [0.29, 0.717) is 11.2 Å². The highest BCUT2D eigenvalue weighted by molar-refractivity contribution is 6.30. The standard InChI is InChI=1S/C11H16ClN3O/c1-7-8(2)11(15-14-10(7)12)13-9-4-3-5-16-6-9/h9H,3-6H2,1-2H3,(H,13,15). The molecule has 5 heteroatoms. The SMILES string of the molecule is Cc1c(Cl)nnc(NC2CCCOC2)c1C. The lowest BCUT2D eigenvalue weighted by Gasteiger charge is -2.24. The molecule has 1 atom stereocenters. The average molecular weight is 242 g/mol. The van der Waals surface area contributed by atoms with Crippen LogP contribution in [0.4, 0.5) is 5.82 Å². The molecule has 1 unspecified atom stereocenters. The summed E-state index contributed by atoms with van der Waals surface area (Å²) < 4.78 is 5.41. The third-order valence-corrected chi connectivity index (χ3v) is 3.33. The van der Waals surface area contributed by atoms with E-state index in [9.17, 15) is 0 Å². The number of ether oxygens (including phenoxy) is 1. The van der Waals surface area contributed by atoms with Gasteiger partial charge in [0.2, 0.25) is 0 Å². The smallest absolute Gasteiger partial charge is 0.155 e. The van der Waals surface area contributed by atoms with Crippen molar-refractivity contribution in [1.82, 2.24) is 10.2 Å². The van der Waals surface area contributed by atoms with Crippen molar-refractivity contribution < 1.29 is 4.74 Å². The Hall–Kier alpha value is -0.870. The molecule has 0 spiro atoms. The Morgan fingerprint density at radius 2 is 2.12 bits per heavy atom. The van der Waals surface area contributed by atoms with E-state index in [1.165, 1.54) is 0 Å². The lowest BCUT2D eigenvalue weighted by molar-refractivity contribution is 0.0874. The Labute approximate surface area is 100 Å². The van der Waals surface area contributed by atoms with Gasteiger partial charge in [0.25, 0.3) is 0 Å². The van der Waals surface area contributed by atoms with Gasteiger partial charge in [0, 0.05) is 6.61 Å². The number of halogens is 1. The van der Waals surface area contributed by atoms with Gasteiger partial charge in [-0.1, -0.05) is 11.6 Å². The molecule has 4 nitrogen and oxygen atoms in total. The molecular weight excluding hydrogens is 226 g/mol. The van der Waals surface area contributed by atoms with Gasteiger partial charge in [-0.3, -0.25) is 0 Å². The molecule has 16 heavy (non-hydrogen) atoms. The monoisotopic (exact) mass is 241 g/mol. The van der Waals surface area contributed by atoms with Crippen LogP contribution in [0, 0.1) is 13.8 Å². The molecule has 1 aromatic heterocycles. The number of anilines is 1. The van der Waals surface area contributed by atoms with Crippen molar-refractivity contribution in [3.05, 3.63) is 16.3 Å². The van der Waals surface area contributed by atoms with Gasteiger partial charge in [-0.05, 0) is 37.8 Å². The Kier molecular flexibility index (Phi) is 3.61. The summed E-state index contributed by atoms with van der Waals surface area (Å²) in [6, 6.07) is 0.335. The van der Waals surface area contributed by atoms with Crippen LogP contribution in [-0.2, 0) is 4.74 Å². The van der Waals surface area contributed by atoms with E-state index < -0.39 is 0 Å². The van der Waals surface area contributed by atoms with Gasteiger partial charge in [0.05, 0.1) is 12.6 Å². The molecule has 1 aliphatic rings. The number of hydrogen-bond acceptors (Lipinski definition) is 4. The second kappa shape index (κ2) is 4.97. The highest BCUT2D eigenvalue weighted by atomic mass is 35.5. The second-order valence-corrected chi connectivity index (χ2v) is 4.51. The quantitative estimate of drug-likeness (QED) is 0.864. The van der Waals surface area contributed by atoms with E-state index in [4.69, 9.17) is 16.3 Å². The summed E-state index contributed by atoms with van der Waals surface area (Å²) in [4.78, 5) is 0. The lowest BCUT2D eigenvalue weighted by atomic mass is 10.1. The summed E-state index contributed by atoms with van der Waals surface area (Å²) in [5.41, 5.74) is 2.04. The maximum atomic E-state index is 5.90. The highest BCUT2D eigenvalue weighted by Gasteiger charge is 2.16. The zero-order valence-corrected chi connectivity index (χ0v) is 10.3. The van der Waals surface area contributed by atoms with Crippen molar-refractivity contribution in [2.45, 2.75) is 32.7 Å². The molecule has 0 bridgehead atoms. The molecule has 1 aromatic rings. The van der Waals surface area contributed by atoms with Crippen LogP contribution in [0.3, 0.4) is 0 Å². The van der Waals surface area contributed by atoms with Gasteiger partial charge in [0.1, 0.15) is 0 Å². The Morgan fingerprint density at radius 3 is 2.81 bits per heavy atom. The molecule has 0 radical (unpaired) electrons. The van der Waals surface area contributed by atoms with Crippen LogP contribution in [0.25, 0.3) is 0 Å². The Morgan fingerprint density at radius 1 is 1.31 bits per heavy atom. The van der Waals surface area contributed by atoms with Crippen LogP contribution in [0.1, 0.15) is 24.0 Å². The summed E-state index contributed by atoms with van der Waals surface area (Å²) in [6.45, 7) is 5.56. The van der Waals surface area contributed by atoms with Gasteiger partial charge in [0.15, 0.2) is 11.0 Å². The van der Waals surface area contributed by atoms with Crippen LogP contribution in [0.2, 0.25) is 5.15 Å². The number of hydrogen-bond donors (Lipinski definition) is 1. The molecule has 2 rings (SSSR count). The summed E-state index contributed by atoms with van der Waals surface area (Å²) in [5.74, 6) is 0.817. The van der Waals surface area contributed by atoms with Crippen LogP contribution >= 0.6 is 11.6 Å². The van der Waals surface area contributed by atoms with E-state index in [-0.39, 0.29) is 0 Å². The summed E-state index contributed by atoms with van der Waals surface area (Å²) >= 11 is 5.90.